The van der Waals surface area contributed by atoms with Crippen molar-refractivity contribution in [3.05, 3.63) is 12.7 Å². The third-order valence-electron chi connectivity index (χ3n) is 1.70. The van der Waals surface area contributed by atoms with Crippen molar-refractivity contribution in [2.45, 2.75) is 32.0 Å². The van der Waals surface area contributed by atoms with Crippen molar-refractivity contribution in [3.8, 4) is 0 Å². The molecule has 1 heterocycles. The van der Waals surface area contributed by atoms with Crippen molar-refractivity contribution in [2.75, 3.05) is 6.61 Å². The molecule has 0 amide bonds. The van der Waals surface area contributed by atoms with Crippen LogP contribution in [0.1, 0.15) is 25.7 Å². The van der Waals surface area contributed by atoms with Gasteiger partial charge in [-0.15, -0.1) is 6.58 Å². The second kappa shape index (κ2) is 4.93. The minimum atomic E-state index is -0.290. The van der Waals surface area contributed by atoms with Gasteiger partial charge in [0, 0.05) is 12.8 Å². The highest BCUT2D eigenvalue weighted by Crippen LogP contribution is 2.13. The molecule has 68 valence electrons. The van der Waals surface area contributed by atoms with Crippen LogP contribution >= 0.6 is 0 Å². The number of allylic oxidation sites excluding steroid dienone is 1. The van der Waals surface area contributed by atoms with E-state index >= 15 is 0 Å². The lowest BCUT2D eigenvalue weighted by molar-refractivity contribution is -0.169. The van der Waals surface area contributed by atoms with Crippen LogP contribution in [-0.4, -0.2) is 18.9 Å². The third-order valence-corrected chi connectivity index (χ3v) is 1.70. The lowest BCUT2D eigenvalue weighted by atomic mass is 10.3. The van der Waals surface area contributed by atoms with Crippen molar-refractivity contribution in [1.29, 1.82) is 0 Å². The first-order valence-electron chi connectivity index (χ1n) is 4.25. The van der Waals surface area contributed by atoms with Gasteiger partial charge in [0.15, 0.2) is 0 Å². The van der Waals surface area contributed by atoms with E-state index in [1.807, 2.05) is 0 Å². The molecule has 0 aromatic heterocycles. The summed E-state index contributed by atoms with van der Waals surface area (Å²) >= 11 is 0. The van der Waals surface area contributed by atoms with Gasteiger partial charge in [-0.2, -0.15) is 0 Å². The zero-order chi connectivity index (χ0) is 8.81. The number of esters is 1. The van der Waals surface area contributed by atoms with Crippen LogP contribution in [0.25, 0.3) is 0 Å². The highest BCUT2D eigenvalue weighted by atomic mass is 16.7. The normalized spacial score (nSPS) is 22.2. The van der Waals surface area contributed by atoms with Gasteiger partial charge in [0.25, 0.3) is 0 Å². The minimum Gasteiger partial charge on any atom is -0.436 e. The van der Waals surface area contributed by atoms with E-state index in [4.69, 9.17) is 9.47 Å². The van der Waals surface area contributed by atoms with Gasteiger partial charge in [0.05, 0.1) is 6.61 Å². The van der Waals surface area contributed by atoms with Crippen LogP contribution in [0.4, 0.5) is 0 Å². The molecule has 1 aliphatic heterocycles. The van der Waals surface area contributed by atoms with Gasteiger partial charge in [-0.25, -0.2) is 0 Å². The zero-order valence-corrected chi connectivity index (χ0v) is 7.12. The first kappa shape index (κ1) is 9.26. The maximum absolute atomic E-state index is 11.0. The molecule has 0 bridgehead atoms. The van der Waals surface area contributed by atoms with Crippen LogP contribution in [0.15, 0.2) is 12.7 Å². The Kier molecular flexibility index (Phi) is 3.80. The maximum atomic E-state index is 11.0. The molecule has 0 aromatic carbocycles. The molecule has 0 aliphatic carbocycles. The summed E-state index contributed by atoms with van der Waals surface area (Å²) in [4.78, 5) is 11.0. The summed E-state index contributed by atoms with van der Waals surface area (Å²) in [5, 5.41) is 0. The third kappa shape index (κ3) is 3.05. The van der Waals surface area contributed by atoms with Crippen LogP contribution in [-0.2, 0) is 14.3 Å². The summed E-state index contributed by atoms with van der Waals surface area (Å²) in [6.07, 6.45) is 4.31. The Balaban J connectivity index is 2.11. The van der Waals surface area contributed by atoms with Crippen LogP contribution in [0, 0.1) is 0 Å². The van der Waals surface area contributed by atoms with E-state index in [9.17, 15) is 4.79 Å². The van der Waals surface area contributed by atoms with Crippen molar-refractivity contribution in [3.63, 3.8) is 0 Å². The topological polar surface area (TPSA) is 35.5 Å². The molecule has 1 fully saturated rings. The molecule has 3 nitrogen and oxygen atoms in total. The predicted octanol–water partition coefficient (Wildman–Crippen LogP) is 1.63. The second-order valence-corrected chi connectivity index (χ2v) is 2.76. The molecule has 1 rings (SSSR count). The summed E-state index contributed by atoms with van der Waals surface area (Å²) in [7, 11) is 0. The van der Waals surface area contributed by atoms with Crippen molar-refractivity contribution < 1.29 is 14.3 Å². The zero-order valence-electron chi connectivity index (χ0n) is 7.12. The second-order valence-electron chi connectivity index (χ2n) is 2.76. The molecule has 1 unspecified atom stereocenters. The number of hydrogen-bond acceptors (Lipinski definition) is 3. The molecule has 0 saturated carbocycles. The Morgan fingerprint density at radius 2 is 2.58 bits per heavy atom. The van der Waals surface area contributed by atoms with Crippen LogP contribution in [0.5, 0.6) is 0 Å². The monoisotopic (exact) mass is 170 g/mol. The van der Waals surface area contributed by atoms with Gasteiger partial charge in [0.2, 0.25) is 6.29 Å². The minimum absolute atomic E-state index is 0.193. The quantitative estimate of drug-likeness (QED) is 0.475. The van der Waals surface area contributed by atoms with Crippen LogP contribution in [0.3, 0.4) is 0 Å². The van der Waals surface area contributed by atoms with Crippen molar-refractivity contribution in [2.24, 2.45) is 0 Å². The van der Waals surface area contributed by atoms with Crippen LogP contribution in [0.2, 0.25) is 0 Å². The summed E-state index contributed by atoms with van der Waals surface area (Å²) < 4.78 is 10.1. The SMILES string of the molecule is C=CCCC(=O)OC1CCCO1. The fourth-order valence-corrected chi connectivity index (χ4v) is 1.07. The maximum Gasteiger partial charge on any atom is 0.308 e. The molecule has 1 aliphatic rings. The van der Waals surface area contributed by atoms with Gasteiger partial charge in [-0.1, -0.05) is 6.08 Å². The fraction of sp³-hybridized carbons (Fsp3) is 0.667. The van der Waals surface area contributed by atoms with E-state index < -0.39 is 0 Å². The highest BCUT2D eigenvalue weighted by molar-refractivity contribution is 5.69. The molecule has 0 aromatic rings. The van der Waals surface area contributed by atoms with E-state index in [2.05, 4.69) is 6.58 Å². The van der Waals surface area contributed by atoms with Gasteiger partial charge in [0.1, 0.15) is 0 Å². The average Bonchev–Trinajstić information content (AvgIpc) is 2.53. The first-order valence-corrected chi connectivity index (χ1v) is 4.25. The number of rotatable bonds is 4. The Labute approximate surface area is 72.4 Å². The largest absolute Gasteiger partial charge is 0.436 e. The average molecular weight is 170 g/mol. The first-order chi connectivity index (χ1) is 5.83. The number of carbonyl (C=O) groups is 1. The summed E-state index contributed by atoms with van der Waals surface area (Å²) in [5.41, 5.74) is 0. The Morgan fingerprint density at radius 3 is 3.17 bits per heavy atom. The van der Waals surface area contributed by atoms with E-state index in [1.54, 1.807) is 6.08 Å². The van der Waals surface area contributed by atoms with Crippen LogP contribution < -0.4 is 0 Å². The van der Waals surface area contributed by atoms with Gasteiger partial charge < -0.3 is 9.47 Å². The number of carbonyl (C=O) groups excluding carboxylic acids is 1. The van der Waals surface area contributed by atoms with Gasteiger partial charge >= 0.3 is 5.97 Å². The molecular weight excluding hydrogens is 156 g/mol. The van der Waals surface area contributed by atoms with E-state index in [0.29, 0.717) is 19.4 Å². The summed E-state index contributed by atoms with van der Waals surface area (Å²) in [5.74, 6) is -0.193. The summed E-state index contributed by atoms with van der Waals surface area (Å²) in [6, 6.07) is 0. The molecule has 0 radical (unpaired) electrons. The van der Waals surface area contributed by atoms with Gasteiger partial charge in [-0.3, -0.25) is 4.79 Å². The Bertz CT molecular complexity index is 159. The fourth-order valence-electron chi connectivity index (χ4n) is 1.07. The number of ether oxygens (including phenoxy) is 2. The highest BCUT2D eigenvalue weighted by Gasteiger charge is 2.18. The lowest BCUT2D eigenvalue weighted by Gasteiger charge is -2.09. The molecule has 3 heteroatoms. The smallest absolute Gasteiger partial charge is 0.308 e. The van der Waals surface area contributed by atoms with E-state index in [-0.39, 0.29) is 12.3 Å². The Morgan fingerprint density at radius 1 is 1.75 bits per heavy atom. The molecular formula is C9H14O3. The summed E-state index contributed by atoms with van der Waals surface area (Å²) in [6.45, 7) is 4.23. The molecule has 0 N–H and O–H groups in total. The van der Waals surface area contributed by atoms with Gasteiger partial charge in [-0.05, 0) is 12.8 Å². The predicted molar refractivity (Wildman–Crippen MR) is 44.5 cm³/mol. The standard InChI is InChI=1S/C9H14O3/c1-2-3-5-8(10)12-9-6-4-7-11-9/h2,9H,1,3-7H2. The number of hydrogen-bond donors (Lipinski definition) is 0. The van der Waals surface area contributed by atoms with E-state index in [0.717, 1.165) is 12.8 Å². The van der Waals surface area contributed by atoms with Crippen molar-refractivity contribution in [1.82, 2.24) is 0 Å². The van der Waals surface area contributed by atoms with Crippen molar-refractivity contribution >= 4 is 5.97 Å². The lowest BCUT2D eigenvalue weighted by Crippen LogP contribution is -2.16. The molecule has 0 spiro atoms. The Hall–Kier alpha value is -0.830. The van der Waals surface area contributed by atoms with E-state index in [1.165, 1.54) is 0 Å². The molecule has 1 saturated heterocycles. The molecule has 12 heavy (non-hydrogen) atoms. The molecule has 1 atom stereocenters.